The van der Waals surface area contributed by atoms with Gasteiger partial charge < -0.3 is 9.80 Å². The van der Waals surface area contributed by atoms with Crippen molar-refractivity contribution < 1.29 is 4.79 Å². The number of hydrogen-bond acceptors (Lipinski definition) is 3. The Labute approximate surface area is 104 Å². The fraction of sp³-hybridized carbons (Fsp3) is 0.923. The van der Waals surface area contributed by atoms with E-state index in [1.807, 2.05) is 4.90 Å². The van der Waals surface area contributed by atoms with E-state index in [1.54, 1.807) is 0 Å². The van der Waals surface area contributed by atoms with E-state index in [1.165, 1.54) is 25.9 Å². The summed E-state index contributed by atoms with van der Waals surface area (Å²) in [6.07, 6.45) is 3.95. The molecule has 1 N–H and O–H groups in total. The number of carbonyl (C=O) groups excluding carboxylic acids is 1. The van der Waals surface area contributed by atoms with Gasteiger partial charge in [-0.1, -0.05) is 13.8 Å². The van der Waals surface area contributed by atoms with Crippen molar-refractivity contribution in [2.45, 2.75) is 39.3 Å². The average Bonchev–Trinajstić information content (AvgIpc) is 2.90. The second kappa shape index (κ2) is 5.83. The lowest BCUT2D eigenvalue weighted by atomic mass is 10.1. The highest BCUT2D eigenvalue weighted by Gasteiger charge is 2.30. The van der Waals surface area contributed by atoms with E-state index in [2.05, 4.69) is 24.1 Å². The van der Waals surface area contributed by atoms with Gasteiger partial charge in [-0.2, -0.15) is 0 Å². The van der Waals surface area contributed by atoms with Crippen LogP contribution in [0.2, 0.25) is 0 Å². The highest BCUT2D eigenvalue weighted by molar-refractivity contribution is 5.80. The van der Waals surface area contributed by atoms with Gasteiger partial charge in [0.15, 0.2) is 0 Å². The first-order valence-corrected chi connectivity index (χ1v) is 6.96. The molecular weight excluding hydrogens is 214 g/mol. The molecule has 4 nitrogen and oxygen atoms in total. The Morgan fingerprint density at radius 2 is 2.06 bits per heavy atom. The van der Waals surface area contributed by atoms with Crippen molar-refractivity contribution >= 4 is 5.91 Å². The molecule has 2 fully saturated rings. The predicted octanol–water partition coefficient (Wildman–Crippen LogP) is 0.886. The van der Waals surface area contributed by atoms with Gasteiger partial charge in [-0.15, -0.1) is 0 Å². The molecule has 2 saturated heterocycles. The Morgan fingerprint density at radius 1 is 1.35 bits per heavy atom. The highest BCUT2D eigenvalue weighted by Crippen LogP contribution is 2.14. The molecule has 1 amide bonds. The lowest BCUT2D eigenvalue weighted by Gasteiger charge is -2.28. The smallest absolute Gasteiger partial charge is 0.237 e. The van der Waals surface area contributed by atoms with Crippen LogP contribution in [0.3, 0.4) is 0 Å². The number of amides is 1. The van der Waals surface area contributed by atoms with Crippen LogP contribution in [0.4, 0.5) is 0 Å². The molecule has 2 heterocycles. The van der Waals surface area contributed by atoms with Gasteiger partial charge in [-0.3, -0.25) is 10.1 Å². The average molecular weight is 239 g/mol. The molecule has 0 aromatic carbocycles. The van der Waals surface area contributed by atoms with Crippen molar-refractivity contribution in [1.82, 2.24) is 15.1 Å². The fourth-order valence-electron chi connectivity index (χ4n) is 2.98. The molecule has 0 spiro atoms. The van der Waals surface area contributed by atoms with Crippen molar-refractivity contribution in [2.75, 3.05) is 32.7 Å². The van der Waals surface area contributed by atoms with Gasteiger partial charge in [0.05, 0.1) is 12.7 Å². The minimum Gasteiger partial charge on any atom is -0.326 e. The van der Waals surface area contributed by atoms with Gasteiger partial charge >= 0.3 is 0 Å². The molecule has 4 heteroatoms. The zero-order chi connectivity index (χ0) is 12.3. The normalized spacial score (nSPS) is 28.0. The third-order valence-corrected chi connectivity index (χ3v) is 3.85. The maximum atomic E-state index is 11.8. The van der Waals surface area contributed by atoms with E-state index in [4.69, 9.17) is 0 Å². The van der Waals surface area contributed by atoms with E-state index >= 15 is 0 Å². The number of hydrogen-bond donors (Lipinski definition) is 1. The molecule has 0 saturated carbocycles. The van der Waals surface area contributed by atoms with E-state index in [9.17, 15) is 4.79 Å². The first kappa shape index (κ1) is 12.8. The number of likely N-dealkylation sites (tertiary alicyclic amines) is 1. The van der Waals surface area contributed by atoms with Gasteiger partial charge in [0, 0.05) is 13.1 Å². The molecule has 0 aromatic rings. The lowest BCUT2D eigenvalue weighted by Crippen LogP contribution is -2.41. The number of carbonyl (C=O) groups is 1. The molecular formula is C13H25N3O. The van der Waals surface area contributed by atoms with Crippen LogP contribution >= 0.6 is 0 Å². The lowest BCUT2D eigenvalue weighted by molar-refractivity contribution is -0.128. The van der Waals surface area contributed by atoms with Crippen molar-refractivity contribution in [1.29, 1.82) is 0 Å². The van der Waals surface area contributed by atoms with Crippen LogP contribution in [-0.4, -0.2) is 54.6 Å². The summed E-state index contributed by atoms with van der Waals surface area (Å²) in [6.45, 7) is 9.45. The molecule has 0 radical (unpaired) electrons. The van der Waals surface area contributed by atoms with E-state index in [-0.39, 0.29) is 12.1 Å². The highest BCUT2D eigenvalue weighted by atomic mass is 16.2. The molecule has 2 rings (SSSR count). The van der Waals surface area contributed by atoms with Gasteiger partial charge in [-0.05, 0) is 38.3 Å². The van der Waals surface area contributed by atoms with Crippen LogP contribution in [0.25, 0.3) is 0 Å². The predicted molar refractivity (Wildman–Crippen MR) is 68.6 cm³/mol. The molecule has 0 aliphatic carbocycles. The molecule has 2 atom stereocenters. The van der Waals surface area contributed by atoms with Gasteiger partial charge in [0.25, 0.3) is 0 Å². The number of rotatable bonds is 5. The number of nitrogens with one attached hydrogen (secondary N) is 1. The largest absolute Gasteiger partial charge is 0.326 e. The maximum absolute atomic E-state index is 11.8. The summed E-state index contributed by atoms with van der Waals surface area (Å²) in [4.78, 5) is 16.3. The molecule has 2 aliphatic heterocycles. The first-order valence-electron chi connectivity index (χ1n) is 6.96. The van der Waals surface area contributed by atoms with Gasteiger partial charge in [0.2, 0.25) is 5.91 Å². The molecule has 17 heavy (non-hydrogen) atoms. The summed E-state index contributed by atoms with van der Waals surface area (Å²) in [6, 6.07) is 0. The Hall–Kier alpha value is -0.610. The van der Waals surface area contributed by atoms with Crippen LogP contribution in [0.1, 0.15) is 33.1 Å². The minimum atomic E-state index is 0.267. The number of nitrogens with zero attached hydrogens (tertiary/aromatic N) is 2. The maximum Gasteiger partial charge on any atom is 0.237 e. The van der Waals surface area contributed by atoms with E-state index in [0.717, 1.165) is 19.5 Å². The summed E-state index contributed by atoms with van der Waals surface area (Å²) in [5, 5.41) is 3.27. The third-order valence-electron chi connectivity index (χ3n) is 3.85. The summed E-state index contributed by atoms with van der Waals surface area (Å²) in [5.41, 5.74) is 0. The van der Waals surface area contributed by atoms with Gasteiger partial charge in [-0.25, -0.2) is 0 Å². The molecule has 98 valence electrons. The van der Waals surface area contributed by atoms with Gasteiger partial charge in [0.1, 0.15) is 0 Å². The summed E-state index contributed by atoms with van der Waals surface area (Å²) in [5.74, 6) is 0.844. The van der Waals surface area contributed by atoms with Crippen LogP contribution in [-0.2, 0) is 4.79 Å². The first-order chi connectivity index (χ1) is 8.20. The zero-order valence-corrected chi connectivity index (χ0v) is 11.1. The van der Waals surface area contributed by atoms with Crippen LogP contribution in [0.15, 0.2) is 0 Å². The summed E-state index contributed by atoms with van der Waals surface area (Å²) in [7, 11) is 0. The van der Waals surface area contributed by atoms with Crippen LogP contribution in [0, 0.1) is 5.92 Å². The molecule has 0 aromatic heterocycles. The standard InChI is InChI=1S/C13H25N3O/c1-3-12-14-8-13(17)16(12)10-11(2)9-15-6-4-5-7-15/h11-12,14H,3-10H2,1-2H3. The molecule has 2 aliphatic rings. The SMILES string of the molecule is CCC1NCC(=O)N1CC(C)CN1CCCC1. The van der Waals surface area contributed by atoms with Crippen molar-refractivity contribution in [3.8, 4) is 0 Å². The molecule has 2 unspecified atom stereocenters. The zero-order valence-electron chi connectivity index (χ0n) is 11.1. The minimum absolute atomic E-state index is 0.267. The third kappa shape index (κ3) is 3.19. The van der Waals surface area contributed by atoms with Crippen LogP contribution < -0.4 is 5.32 Å². The Balaban J connectivity index is 1.80. The summed E-state index contributed by atoms with van der Waals surface area (Å²) < 4.78 is 0. The van der Waals surface area contributed by atoms with E-state index < -0.39 is 0 Å². The van der Waals surface area contributed by atoms with E-state index in [0.29, 0.717) is 12.5 Å². The van der Waals surface area contributed by atoms with Crippen LogP contribution in [0.5, 0.6) is 0 Å². The molecule has 0 bridgehead atoms. The fourth-order valence-corrected chi connectivity index (χ4v) is 2.98. The Bertz CT molecular complexity index is 263. The van der Waals surface area contributed by atoms with Crippen molar-refractivity contribution in [3.63, 3.8) is 0 Å². The second-order valence-electron chi connectivity index (χ2n) is 5.46. The van der Waals surface area contributed by atoms with Crippen molar-refractivity contribution in [2.24, 2.45) is 5.92 Å². The topological polar surface area (TPSA) is 35.6 Å². The Kier molecular flexibility index (Phi) is 4.40. The second-order valence-corrected chi connectivity index (χ2v) is 5.46. The quantitative estimate of drug-likeness (QED) is 0.774. The monoisotopic (exact) mass is 239 g/mol. The Morgan fingerprint density at radius 3 is 2.71 bits per heavy atom. The van der Waals surface area contributed by atoms with Crippen molar-refractivity contribution in [3.05, 3.63) is 0 Å². The summed E-state index contributed by atoms with van der Waals surface area (Å²) >= 11 is 0.